The summed E-state index contributed by atoms with van der Waals surface area (Å²) in [5, 5.41) is 0. The number of unbranched alkanes of at least 4 members (excludes halogenated alkanes) is 16. The van der Waals surface area contributed by atoms with E-state index in [0.29, 0.717) is 0 Å². The molecule has 0 radical (unpaired) electrons. The van der Waals surface area contributed by atoms with Gasteiger partial charge in [0.1, 0.15) is 0 Å². The Labute approximate surface area is 188 Å². The largest absolute Gasteiger partial charge is 0.0654 e. The standard InChI is InChI=1S/C28H60P/c1-5-9-13-15-17-19-21-23-27-29(25-11-7-3,26-12-8-4)28-24-22-20-18-16-14-10-6-2/h5-28H2,1-4H3/q+1. The molecule has 0 aliphatic heterocycles. The van der Waals surface area contributed by atoms with Gasteiger partial charge in [-0.3, -0.25) is 0 Å². The lowest BCUT2D eigenvalue weighted by atomic mass is 10.1. The van der Waals surface area contributed by atoms with Crippen molar-refractivity contribution in [3.05, 3.63) is 0 Å². The van der Waals surface area contributed by atoms with E-state index in [9.17, 15) is 0 Å². The third kappa shape index (κ3) is 18.9. The molecule has 0 aromatic rings. The smallest absolute Gasteiger partial charge is 0.0594 e. The highest BCUT2D eigenvalue weighted by Gasteiger charge is 2.34. The second kappa shape index (κ2) is 23.1. The minimum Gasteiger partial charge on any atom is -0.0654 e. The minimum atomic E-state index is -0.662. The predicted octanol–water partition coefficient (Wildman–Crippen LogP) is 10.9. The van der Waals surface area contributed by atoms with Crippen LogP contribution in [-0.2, 0) is 0 Å². The molecule has 0 N–H and O–H groups in total. The lowest BCUT2D eigenvalue weighted by Crippen LogP contribution is -2.13. The molecule has 0 saturated heterocycles. The molecular weight excluding hydrogens is 367 g/mol. The number of hydrogen-bond donors (Lipinski definition) is 0. The van der Waals surface area contributed by atoms with Crippen molar-refractivity contribution in [2.75, 3.05) is 24.6 Å². The highest BCUT2D eigenvalue weighted by molar-refractivity contribution is 7.75. The molecule has 0 rings (SSSR count). The lowest BCUT2D eigenvalue weighted by Gasteiger charge is -2.28. The van der Waals surface area contributed by atoms with Gasteiger partial charge in [-0.1, -0.05) is 118 Å². The van der Waals surface area contributed by atoms with E-state index >= 15 is 0 Å². The Morgan fingerprint density at radius 1 is 0.276 bits per heavy atom. The zero-order valence-electron chi connectivity index (χ0n) is 21.4. The topological polar surface area (TPSA) is 0 Å². The summed E-state index contributed by atoms with van der Waals surface area (Å²) in [6.45, 7) is 9.45. The first-order chi connectivity index (χ1) is 14.2. The van der Waals surface area contributed by atoms with Gasteiger partial charge in [0.15, 0.2) is 0 Å². The molecule has 0 aliphatic rings. The first-order valence-corrected chi connectivity index (χ1v) is 16.6. The number of hydrogen-bond acceptors (Lipinski definition) is 0. The fraction of sp³-hybridized carbons (Fsp3) is 1.00. The first-order valence-electron chi connectivity index (χ1n) is 14.1. The average Bonchev–Trinajstić information content (AvgIpc) is 2.74. The summed E-state index contributed by atoms with van der Waals surface area (Å²) in [4.78, 5) is 0. The fourth-order valence-electron chi connectivity index (χ4n) is 4.82. The molecule has 0 nitrogen and oxygen atoms in total. The van der Waals surface area contributed by atoms with E-state index in [4.69, 9.17) is 0 Å². The molecule has 0 fully saturated rings. The van der Waals surface area contributed by atoms with E-state index in [1.165, 1.54) is 116 Å². The van der Waals surface area contributed by atoms with E-state index in [1.54, 1.807) is 37.5 Å². The van der Waals surface area contributed by atoms with Gasteiger partial charge < -0.3 is 0 Å². The van der Waals surface area contributed by atoms with Crippen molar-refractivity contribution >= 4 is 7.26 Å². The third-order valence-corrected chi connectivity index (χ3v) is 12.0. The Morgan fingerprint density at radius 3 is 0.828 bits per heavy atom. The summed E-state index contributed by atoms with van der Waals surface area (Å²) in [7, 11) is -0.662. The molecule has 0 aromatic heterocycles. The molecular formula is C28H60P+. The van der Waals surface area contributed by atoms with Crippen LogP contribution in [0.2, 0.25) is 0 Å². The number of rotatable bonds is 24. The maximum absolute atomic E-state index is 2.40. The van der Waals surface area contributed by atoms with Crippen molar-refractivity contribution in [3.8, 4) is 0 Å². The molecule has 0 amide bonds. The SMILES string of the molecule is CCCCCCCCCC[P+](CCCC)(CCCC)CCCCCCCCCC. The van der Waals surface area contributed by atoms with Gasteiger partial charge in [0.05, 0.1) is 24.6 Å². The van der Waals surface area contributed by atoms with Crippen LogP contribution in [-0.4, -0.2) is 24.6 Å². The van der Waals surface area contributed by atoms with Crippen LogP contribution in [0.1, 0.15) is 156 Å². The molecule has 29 heavy (non-hydrogen) atoms. The Balaban J connectivity index is 4.25. The third-order valence-electron chi connectivity index (χ3n) is 6.94. The molecule has 0 unspecified atom stereocenters. The Morgan fingerprint density at radius 2 is 0.517 bits per heavy atom. The van der Waals surface area contributed by atoms with Crippen LogP contribution in [0.25, 0.3) is 0 Å². The van der Waals surface area contributed by atoms with E-state index in [2.05, 4.69) is 27.7 Å². The highest BCUT2D eigenvalue weighted by atomic mass is 31.2. The van der Waals surface area contributed by atoms with Crippen molar-refractivity contribution in [1.29, 1.82) is 0 Å². The van der Waals surface area contributed by atoms with Crippen molar-refractivity contribution < 1.29 is 0 Å². The van der Waals surface area contributed by atoms with Crippen LogP contribution in [0, 0.1) is 0 Å². The first kappa shape index (κ1) is 29.4. The Kier molecular flexibility index (Phi) is 23.4. The van der Waals surface area contributed by atoms with Gasteiger partial charge in [-0.05, 0) is 38.5 Å². The van der Waals surface area contributed by atoms with Gasteiger partial charge >= 0.3 is 0 Å². The Hall–Kier alpha value is 0.430. The molecule has 0 bridgehead atoms. The van der Waals surface area contributed by atoms with E-state index in [1.807, 2.05) is 0 Å². The molecule has 0 aromatic carbocycles. The normalized spacial score (nSPS) is 12.0. The molecule has 0 saturated carbocycles. The second-order valence-corrected chi connectivity index (χ2v) is 14.4. The summed E-state index contributed by atoms with van der Waals surface area (Å²) < 4.78 is 0. The molecule has 0 heterocycles. The summed E-state index contributed by atoms with van der Waals surface area (Å²) in [6.07, 6.45) is 36.0. The monoisotopic (exact) mass is 427 g/mol. The summed E-state index contributed by atoms with van der Waals surface area (Å²) in [5.41, 5.74) is 0. The summed E-state index contributed by atoms with van der Waals surface area (Å²) in [5.74, 6) is 0. The fourth-order valence-corrected chi connectivity index (χ4v) is 9.92. The summed E-state index contributed by atoms with van der Waals surface area (Å²) >= 11 is 0. The van der Waals surface area contributed by atoms with E-state index in [0.717, 1.165) is 0 Å². The zero-order valence-corrected chi connectivity index (χ0v) is 22.3. The van der Waals surface area contributed by atoms with E-state index in [-0.39, 0.29) is 0 Å². The van der Waals surface area contributed by atoms with Gasteiger partial charge in [0.25, 0.3) is 0 Å². The molecule has 1 heteroatoms. The minimum absolute atomic E-state index is 0.662. The van der Waals surface area contributed by atoms with Crippen molar-refractivity contribution in [2.24, 2.45) is 0 Å². The average molecular weight is 428 g/mol. The zero-order chi connectivity index (χ0) is 21.5. The van der Waals surface area contributed by atoms with Crippen molar-refractivity contribution in [1.82, 2.24) is 0 Å². The quantitative estimate of drug-likeness (QED) is 0.106. The maximum atomic E-state index is 2.40. The second-order valence-electron chi connectivity index (χ2n) is 9.89. The van der Waals surface area contributed by atoms with Crippen LogP contribution in [0.5, 0.6) is 0 Å². The predicted molar refractivity (Wildman–Crippen MR) is 141 cm³/mol. The van der Waals surface area contributed by atoms with Crippen LogP contribution in [0.15, 0.2) is 0 Å². The van der Waals surface area contributed by atoms with Crippen molar-refractivity contribution in [3.63, 3.8) is 0 Å². The lowest BCUT2D eigenvalue weighted by molar-refractivity contribution is 0.582. The highest BCUT2D eigenvalue weighted by Crippen LogP contribution is 2.61. The van der Waals surface area contributed by atoms with Crippen LogP contribution >= 0.6 is 7.26 Å². The van der Waals surface area contributed by atoms with Gasteiger partial charge in [0, 0.05) is 7.26 Å². The van der Waals surface area contributed by atoms with Gasteiger partial charge in [-0.15, -0.1) is 0 Å². The maximum Gasteiger partial charge on any atom is 0.0594 e. The van der Waals surface area contributed by atoms with E-state index < -0.39 is 7.26 Å². The van der Waals surface area contributed by atoms with Gasteiger partial charge in [-0.25, -0.2) is 0 Å². The van der Waals surface area contributed by atoms with Gasteiger partial charge in [-0.2, -0.15) is 0 Å². The van der Waals surface area contributed by atoms with Crippen LogP contribution in [0.3, 0.4) is 0 Å². The molecule has 176 valence electrons. The van der Waals surface area contributed by atoms with Crippen molar-refractivity contribution in [2.45, 2.75) is 156 Å². The Bertz CT molecular complexity index is 269. The molecule has 0 atom stereocenters. The van der Waals surface area contributed by atoms with Crippen LogP contribution in [0.4, 0.5) is 0 Å². The summed E-state index contributed by atoms with van der Waals surface area (Å²) in [6, 6.07) is 0. The molecule has 0 spiro atoms. The van der Waals surface area contributed by atoms with Crippen LogP contribution < -0.4 is 0 Å². The molecule has 0 aliphatic carbocycles. The van der Waals surface area contributed by atoms with Gasteiger partial charge in [0.2, 0.25) is 0 Å².